The van der Waals surface area contributed by atoms with E-state index in [-0.39, 0.29) is 11.8 Å². The van der Waals surface area contributed by atoms with Gasteiger partial charge < -0.3 is 15.4 Å². The van der Waals surface area contributed by atoms with Gasteiger partial charge in [0, 0.05) is 12.1 Å². The third-order valence-electron chi connectivity index (χ3n) is 4.29. The van der Waals surface area contributed by atoms with Crippen molar-refractivity contribution in [3.63, 3.8) is 0 Å². The van der Waals surface area contributed by atoms with Gasteiger partial charge in [0.25, 0.3) is 11.8 Å². The lowest BCUT2D eigenvalue weighted by Crippen LogP contribution is -2.25. The van der Waals surface area contributed by atoms with Crippen LogP contribution in [-0.2, 0) is 6.54 Å². The van der Waals surface area contributed by atoms with Crippen molar-refractivity contribution in [1.82, 2.24) is 5.32 Å². The maximum atomic E-state index is 12.7. The molecule has 0 bridgehead atoms. The van der Waals surface area contributed by atoms with Crippen molar-refractivity contribution in [2.45, 2.75) is 13.5 Å². The Hall–Kier alpha value is -3.60. The predicted octanol–water partition coefficient (Wildman–Crippen LogP) is 4.19. The van der Waals surface area contributed by atoms with E-state index >= 15 is 0 Å². The molecule has 142 valence electrons. The smallest absolute Gasteiger partial charge is 0.255 e. The van der Waals surface area contributed by atoms with E-state index in [2.05, 4.69) is 10.6 Å². The molecule has 0 aliphatic carbocycles. The summed E-state index contributed by atoms with van der Waals surface area (Å²) in [6.45, 7) is 2.28. The summed E-state index contributed by atoms with van der Waals surface area (Å²) in [6, 6.07) is 21.8. The minimum Gasteiger partial charge on any atom is -0.497 e. The van der Waals surface area contributed by atoms with Gasteiger partial charge in [0.1, 0.15) is 5.75 Å². The van der Waals surface area contributed by atoms with Crippen LogP contribution in [0.25, 0.3) is 0 Å². The quantitative estimate of drug-likeness (QED) is 0.680. The number of para-hydroxylation sites is 1. The lowest BCUT2D eigenvalue weighted by Gasteiger charge is -2.12. The second-order valence-electron chi connectivity index (χ2n) is 6.40. The average molecular weight is 374 g/mol. The first kappa shape index (κ1) is 19.2. The van der Waals surface area contributed by atoms with E-state index in [0.717, 1.165) is 16.9 Å². The molecule has 2 amide bonds. The Bertz CT molecular complexity index is 998. The number of ether oxygens (including phenoxy) is 1. The normalized spacial score (nSPS) is 10.2. The van der Waals surface area contributed by atoms with E-state index in [0.29, 0.717) is 23.4 Å². The summed E-state index contributed by atoms with van der Waals surface area (Å²) < 4.78 is 5.20. The number of methoxy groups -OCH3 is 1. The van der Waals surface area contributed by atoms with Crippen molar-refractivity contribution >= 4 is 17.5 Å². The number of anilines is 1. The Balaban J connectivity index is 1.72. The Morgan fingerprint density at radius 1 is 0.893 bits per heavy atom. The summed E-state index contributed by atoms with van der Waals surface area (Å²) in [5, 5.41) is 5.71. The highest BCUT2D eigenvalue weighted by molar-refractivity contribution is 6.09. The van der Waals surface area contributed by atoms with Gasteiger partial charge in [0.15, 0.2) is 0 Å². The molecular weight excluding hydrogens is 352 g/mol. The van der Waals surface area contributed by atoms with Crippen LogP contribution in [0.3, 0.4) is 0 Å². The monoisotopic (exact) mass is 374 g/mol. The van der Waals surface area contributed by atoms with Gasteiger partial charge in [-0.25, -0.2) is 0 Å². The zero-order valence-electron chi connectivity index (χ0n) is 15.9. The van der Waals surface area contributed by atoms with Crippen molar-refractivity contribution < 1.29 is 14.3 Å². The Morgan fingerprint density at radius 3 is 2.46 bits per heavy atom. The van der Waals surface area contributed by atoms with Crippen LogP contribution >= 0.6 is 0 Å². The predicted molar refractivity (Wildman–Crippen MR) is 110 cm³/mol. The lowest BCUT2D eigenvalue weighted by atomic mass is 10.1. The van der Waals surface area contributed by atoms with E-state index in [1.165, 1.54) is 0 Å². The van der Waals surface area contributed by atoms with Crippen molar-refractivity contribution in [2.75, 3.05) is 12.4 Å². The summed E-state index contributed by atoms with van der Waals surface area (Å²) in [4.78, 5) is 25.2. The fourth-order valence-electron chi connectivity index (χ4n) is 2.83. The largest absolute Gasteiger partial charge is 0.497 e. The van der Waals surface area contributed by atoms with E-state index in [9.17, 15) is 9.59 Å². The van der Waals surface area contributed by atoms with Crippen LogP contribution in [0.15, 0.2) is 72.8 Å². The van der Waals surface area contributed by atoms with Crippen LogP contribution in [0.5, 0.6) is 5.75 Å². The molecule has 0 aliphatic rings. The van der Waals surface area contributed by atoms with Gasteiger partial charge in [-0.15, -0.1) is 0 Å². The zero-order chi connectivity index (χ0) is 19.9. The van der Waals surface area contributed by atoms with E-state index in [1.54, 1.807) is 43.5 Å². The first-order valence-electron chi connectivity index (χ1n) is 8.95. The van der Waals surface area contributed by atoms with Crippen LogP contribution in [0.2, 0.25) is 0 Å². The molecule has 3 aromatic carbocycles. The van der Waals surface area contributed by atoms with Crippen molar-refractivity contribution in [2.24, 2.45) is 0 Å². The van der Waals surface area contributed by atoms with Crippen molar-refractivity contribution in [3.05, 3.63) is 95.1 Å². The molecule has 0 spiro atoms. The Kier molecular flexibility index (Phi) is 6.07. The van der Waals surface area contributed by atoms with Crippen molar-refractivity contribution in [1.29, 1.82) is 0 Å². The van der Waals surface area contributed by atoms with Gasteiger partial charge in [-0.2, -0.15) is 0 Å². The minimum atomic E-state index is -0.261. The fourth-order valence-corrected chi connectivity index (χ4v) is 2.83. The SMILES string of the molecule is COc1cccc(CNC(=O)c2ccccc2NC(=O)c2cccc(C)c2)c1. The first-order chi connectivity index (χ1) is 13.6. The topological polar surface area (TPSA) is 67.4 Å². The molecule has 0 saturated heterocycles. The van der Waals surface area contributed by atoms with Gasteiger partial charge >= 0.3 is 0 Å². The molecule has 28 heavy (non-hydrogen) atoms. The molecule has 0 fully saturated rings. The van der Waals surface area contributed by atoms with Gasteiger partial charge in [-0.05, 0) is 48.9 Å². The average Bonchev–Trinajstić information content (AvgIpc) is 2.72. The van der Waals surface area contributed by atoms with Crippen LogP contribution in [-0.4, -0.2) is 18.9 Å². The number of amides is 2. The summed E-state index contributed by atoms with van der Waals surface area (Å²) in [7, 11) is 1.60. The molecule has 0 heterocycles. The fraction of sp³-hybridized carbons (Fsp3) is 0.130. The highest BCUT2D eigenvalue weighted by Gasteiger charge is 2.14. The number of rotatable bonds is 6. The second-order valence-corrected chi connectivity index (χ2v) is 6.40. The van der Waals surface area contributed by atoms with E-state index in [1.807, 2.05) is 43.3 Å². The maximum Gasteiger partial charge on any atom is 0.255 e. The molecule has 0 aromatic heterocycles. The summed E-state index contributed by atoms with van der Waals surface area (Å²) >= 11 is 0. The molecule has 3 aromatic rings. The van der Waals surface area contributed by atoms with Crippen LogP contribution in [0, 0.1) is 6.92 Å². The molecule has 0 saturated carbocycles. The number of hydrogen-bond acceptors (Lipinski definition) is 3. The standard InChI is InChI=1S/C23H22N2O3/c1-16-7-5-9-18(13-16)22(26)25-21-12-4-3-11-20(21)23(27)24-15-17-8-6-10-19(14-17)28-2/h3-14H,15H2,1-2H3,(H,24,27)(H,25,26). The number of carbonyl (C=O) groups is 2. The van der Waals surface area contributed by atoms with Crippen molar-refractivity contribution in [3.8, 4) is 5.75 Å². The zero-order valence-corrected chi connectivity index (χ0v) is 15.9. The van der Waals surface area contributed by atoms with E-state index < -0.39 is 0 Å². The Morgan fingerprint density at radius 2 is 1.68 bits per heavy atom. The van der Waals surface area contributed by atoms with E-state index in [4.69, 9.17) is 4.74 Å². The van der Waals surface area contributed by atoms with Crippen LogP contribution < -0.4 is 15.4 Å². The molecule has 0 radical (unpaired) electrons. The molecule has 0 aliphatic heterocycles. The van der Waals surface area contributed by atoms with Crippen LogP contribution in [0.1, 0.15) is 31.8 Å². The summed E-state index contributed by atoms with van der Waals surface area (Å²) in [5.74, 6) is 0.220. The Labute approximate surface area is 164 Å². The first-order valence-corrected chi connectivity index (χ1v) is 8.95. The number of aryl methyl sites for hydroxylation is 1. The molecule has 5 nitrogen and oxygen atoms in total. The van der Waals surface area contributed by atoms with Gasteiger partial charge in [0.2, 0.25) is 0 Å². The van der Waals surface area contributed by atoms with Gasteiger partial charge in [-0.1, -0.05) is 42.0 Å². The highest BCUT2D eigenvalue weighted by atomic mass is 16.5. The molecule has 0 unspecified atom stereocenters. The second kappa shape index (κ2) is 8.86. The number of carbonyl (C=O) groups excluding carboxylic acids is 2. The number of hydrogen-bond donors (Lipinski definition) is 2. The lowest BCUT2D eigenvalue weighted by molar-refractivity contribution is 0.0951. The molecule has 3 rings (SSSR count). The number of nitrogens with one attached hydrogen (secondary N) is 2. The van der Waals surface area contributed by atoms with Gasteiger partial charge in [0.05, 0.1) is 18.4 Å². The van der Waals surface area contributed by atoms with Crippen LogP contribution in [0.4, 0.5) is 5.69 Å². The highest BCUT2D eigenvalue weighted by Crippen LogP contribution is 2.18. The third-order valence-corrected chi connectivity index (χ3v) is 4.29. The minimum absolute atomic E-state index is 0.253. The molecule has 2 N–H and O–H groups in total. The van der Waals surface area contributed by atoms with Gasteiger partial charge in [-0.3, -0.25) is 9.59 Å². The molecule has 0 atom stereocenters. The molecular formula is C23H22N2O3. The summed E-state index contributed by atoms with van der Waals surface area (Å²) in [6.07, 6.45) is 0. The third kappa shape index (κ3) is 4.76. The maximum absolute atomic E-state index is 12.7. The summed E-state index contributed by atoms with van der Waals surface area (Å²) in [5.41, 5.74) is 3.35. The molecule has 5 heteroatoms. The number of benzene rings is 3.